The first-order valence-corrected chi connectivity index (χ1v) is 2.97. The van der Waals surface area contributed by atoms with Crippen LogP contribution in [0.25, 0.3) is 11.4 Å². The summed E-state index contributed by atoms with van der Waals surface area (Å²) in [6, 6.07) is 1.79. The minimum absolute atomic E-state index is 0.838. The van der Waals surface area contributed by atoms with E-state index in [0.717, 1.165) is 11.4 Å². The van der Waals surface area contributed by atoms with Gasteiger partial charge in [-0.15, -0.1) is 0 Å². The first-order chi connectivity index (χ1) is 4.97. The van der Waals surface area contributed by atoms with E-state index in [-0.39, 0.29) is 0 Å². The summed E-state index contributed by atoms with van der Waals surface area (Å²) in [7, 11) is 0. The highest BCUT2D eigenvalue weighted by molar-refractivity contribution is 5.52. The molecule has 2 heterocycles. The predicted molar refractivity (Wildman–Crippen MR) is 36.4 cm³/mol. The Kier molecular flexibility index (Phi) is 1.07. The van der Waals surface area contributed by atoms with Crippen molar-refractivity contribution in [1.29, 1.82) is 0 Å². The summed E-state index contributed by atoms with van der Waals surface area (Å²) in [4.78, 5) is 12.1. The summed E-state index contributed by atoms with van der Waals surface area (Å²) < 4.78 is 0. The molecule has 0 radical (unpaired) electrons. The summed E-state index contributed by atoms with van der Waals surface area (Å²) in [5.74, 6) is 0. The molecule has 2 rings (SSSR count). The van der Waals surface area contributed by atoms with Crippen molar-refractivity contribution in [3.05, 3.63) is 30.9 Å². The molecule has 0 N–H and O–H groups in total. The molecule has 0 saturated heterocycles. The van der Waals surface area contributed by atoms with E-state index in [4.69, 9.17) is 0 Å². The Bertz CT molecular complexity index is 280. The molecule has 0 bridgehead atoms. The zero-order chi connectivity index (χ0) is 6.81. The molecule has 0 aliphatic carbocycles. The van der Waals surface area contributed by atoms with E-state index in [1.807, 2.05) is 0 Å². The Labute approximate surface area is 58.1 Å². The van der Waals surface area contributed by atoms with E-state index in [1.54, 1.807) is 30.9 Å². The fourth-order valence-electron chi connectivity index (χ4n) is 0.795. The van der Waals surface area contributed by atoms with Crippen molar-refractivity contribution in [3.8, 4) is 11.4 Å². The van der Waals surface area contributed by atoms with Crippen molar-refractivity contribution in [1.82, 2.24) is 15.0 Å². The standard InChI is InChI=1S/C7H5N3/c1-2-9-6-4-8-5-7(6)10-3-1/h1-5H. The van der Waals surface area contributed by atoms with Gasteiger partial charge in [-0.25, -0.2) is 0 Å². The van der Waals surface area contributed by atoms with Gasteiger partial charge < -0.3 is 0 Å². The Morgan fingerprint density at radius 3 is 2.10 bits per heavy atom. The molecule has 0 aromatic carbocycles. The minimum Gasteiger partial charge on any atom is -0.260 e. The van der Waals surface area contributed by atoms with Crippen LogP contribution in [0.5, 0.6) is 0 Å². The van der Waals surface area contributed by atoms with Gasteiger partial charge in [-0.2, -0.15) is 0 Å². The van der Waals surface area contributed by atoms with E-state index in [9.17, 15) is 0 Å². The summed E-state index contributed by atoms with van der Waals surface area (Å²) in [5.41, 5.74) is 1.68. The second-order valence-electron chi connectivity index (χ2n) is 1.93. The lowest BCUT2D eigenvalue weighted by Crippen LogP contribution is -1.72. The predicted octanol–water partition coefficient (Wildman–Crippen LogP) is 0.976. The van der Waals surface area contributed by atoms with Gasteiger partial charge in [-0.1, -0.05) is 0 Å². The molecule has 3 heteroatoms. The van der Waals surface area contributed by atoms with E-state index < -0.39 is 0 Å². The summed E-state index contributed by atoms with van der Waals surface area (Å²) in [6.45, 7) is 0. The monoisotopic (exact) mass is 131 g/mol. The third kappa shape index (κ3) is 0.719. The van der Waals surface area contributed by atoms with Gasteiger partial charge in [0.15, 0.2) is 0 Å². The zero-order valence-electron chi connectivity index (χ0n) is 5.23. The van der Waals surface area contributed by atoms with E-state index >= 15 is 0 Å². The van der Waals surface area contributed by atoms with E-state index in [0.29, 0.717) is 0 Å². The Balaban J connectivity index is 2.74. The third-order valence-electron chi connectivity index (χ3n) is 1.26. The highest BCUT2D eigenvalue weighted by Gasteiger charge is 2.00. The number of fused-ring (bicyclic) bond motifs is 1. The van der Waals surface area contributed by atoms with Crippen LogP contribution in [0.2, 0.25) is 0 Å². The molecule has 0 unspecified atom stereocenters. The largest absolute Gasteiger partial charge is 0.260 e. The highest BCUT2D eigenvalue weighted by atomic mass is 14.8. The molecule has 0 aromatic heterocycles. The first kappa shape index (κ1) is 5.29. The first-order valence-electron chi connectivity index (χ1n) is 2.97. The Hall–Kier alpha value is -1.51. The van der Waals surface area contributed by atoms with Crippen molar-refractivity contribution in [2.75, 3.05) is 0 Å². The van der Waals surface area contributed by atoms with Crippen LogP contribution in [0.3, 0.4) is 0 Å². The SMILES string of the molecule is c1cnc2cncc-2nc1. The van der Waals surface area contributed by atoms with Gasteiger partial charge in [-0.05, 0) is 6.07 Å². The van der Waals surface area contributed by atoms with E-state index in [2.05, 4.69) is 15.0 Å². The molecule has 10 heavy (non-hydrogen) atoms. The maximum absolute atomic E-state index is 4.08. The van der Waals surface area contributed by atoms with Gasteiger partial charge in [0.2, 0.25) is 0 Å². The van der Waals surface area contributed by atoms with Gasteiger partial charge in [0, 0.05) is 12.4 Å². The molecular formula is C7H5N3. The van der Waals surface area contributed by atoms with Crippen molar-refractivity contribution in [2.45, 2.75) is 0 Å². The third-order valence-corrected chi connectivity index (χ3v) is 1.26. The lowest BCUT2D eigenvalue weighted by molar-refractivity contribution is 1.33. The summed E-state index contributed by atoms with van der Waals surface area (Å²) in [6.07, 6.45) is 6.80. The molecule has 2 aliphatic heterocycles. The average molecular weight is 131 g/mol. The molecule has 0 spiro atoms. The maximum Gasteiger partial charge on any atom is 0.108 e. The highest BCUT2D eigenvalue weighted by Crippen LogP contribution is 2.11. The average Bonchev–Trinajstić information content (AvgIpc) is 2.28. The lowest BCUT2D eigenvalue weighted by Gasteiger charge is -1.81. The quantitative estimate of drug-likeness (QED) is 0.534. The summed E-state index contributed by atoms with van der Waals surface area (Å²) >= 11 is 0. The Morgan fingerprint density at radius 1 is 0.900 bits per heavy atom. The van der Waals surface area contributed by atoms with Gasteiger partial charge in [0.05, 0.1) is 12.4 Å². The van der Waals surface area contributed by atoms with Crippen LogP contribution in [0.1, 0.15) is 0 Å². The zero-order valence-corrected chi connectivity index (χ0v) is 5.23. The van der Waals surface area contributed by atoms with E-state index in [1.165, 1.54) is 0 Å². The molecular weight excluding hydrogens is 126 g/mol. The smallest absolute Gasteiger partial charge is 0.108 e. The van der Waals surface area contributed by atoms with Gasteiger partial charge in [-0.3, -0.25) is 15.0 Å². The normalized spacial score (nSPS) is 10.0. The number of nitrogens with zero attached hydrogens (tertiary/aromatic N) is 3. The molecule has 3 nitrogen and oxygen atoms in total. The minimum atomic E-state index is 0.838. The van der Waals surface area contributed by atoms with Crippen LogP contribution in [0.4, 0.5) is 0 Å². The molecule has 0 atom stereocenters. The van der Waals surface area contributed by atoms with Crippen LogP contribution >= 0.6 is 0 Å². The number of rotatable bonds is 0. The summed E-state index contributed by atoms with van der Waals surface area (Å²) in [5, 5.41) is 0. The molecule has 0 aromatic rings. The van der Waals surface area contributed by atoms with Gasteiger partial charge in [0.25, 0.3) is 0 Å². The fourth-order valence-corrected chi connectivity index (χ4v) is 0.795. The molecule has 0 saturated carbocycles. The van der Waals surface area contributed by atoms with Crippen molar-refractivity contribution < 1.29 is 0 Å². The molecule has 2 aliphatic rings. The number of hydrogen-bond acceptors (Lipinski definition) is 3. The number of aromatic nitrogens is 3. The van der Waals surface area contributed by atoms with Crippen LogP contribution in [0, 0.1) is 0 Å². The topological polar surface area (TPSA) is 38.7 Å². The van der Waals surface area contributed by atoms with Gasteiger partial charge >= 0.3 is 0 Å². The van der Waals surface area contributed by atoms with Crippen LogP contribution in [-0.4, -0.2) is 15.0 Å². The van der Waals surface area contributed by atoms with Crippen LogP contribution in [0.15, 0.2) is 30.9 Å². The van der Waals surface area contributed by atoms with Crippen molar-refractivity contribution in [3.63, 3.8) is 0 Å². The van der Waals surface area contributed by atoms with Gasteiger partial charge in [0.1, 0.15) is 11.4 Å². The van der Waals surface area contributed by atoms with Crippen molar-refractivity contribution in [2.24, 2.45) is 0 Å². The Morgan fingerprint density at radius 2 is 1.50 bits per heavy atom. The second kappa shape index (κ2) is 2.02. The van der Waals surface area contributed by atoms with Crippen LogP contribution in [-0.2, 0) is 0 Å². The maximum atomic E-state index is 4.08. The lowest BCUT2D eigenvalue weighted by atomic mass is 10.4. The molecule has 0 fully saturated rings. The molecule has 0 amide bonds. The second-order valence-corrected chi connectivity index (χ2v) is 1.93. The fraction of sp³-hybridized carbons (Fsp3) is 0. The molecule has 48 valence electrons. The van der Waals surface area contributed by atoms with Crippen molar-refractivity contribution >= 4 is 0 Å². The number of hydrogen-bond donors (Lipinski definition) is 0. The van der Waals surface area contributed by atoms with Crippen LogP contribution < -0.4 is 0 Å².